The highest BCUT2D eigenvalue weighted by Gasteiger charge is 2.06. The van der Waals surface area contributed by atoms with Gasteiger partial charge in [0.1, 0.15) is 0 Å². The fraction of sp³-hybridized carbons (Fsp3) is 0.0909. The minimum absolute atomic E-state index is 0.0501. The van der Waals surface area contributed by atoms with Gasteiger partial charge in [0, 0.05) is 17.7 Å². The van der Waals surface area contributed by atoms with E-state index in [0.717, 1.165) is 0 Å². The van der Waals surface area contributed by atoms with Crippen LogP contribution in [-0.2, 0) is 4.79 Å². The number of benzene rings is 1. The first-order valence-corrected chi connectivity index (χ1v) is 4.97. The van der Waals surface area contributed by atoms with Gasteiger partial charge in [-0.2, -0.15) is 4.99 Å². The van der Waals surface area contributed by atoms with Gasteiger partial charge >= 0.3 is 0 Å². The third kappa shape index (κ3) is 3.71. The molecule has 0 aliphatic heterocycles. The van der Waals surface area contributed by atoms with Gasteiger partial charge in [-0.15, -0.1) is 0 Å². The predicted molar refractivity (Wildman–Crippen MR) is 67.6 cm³/mol. The van der Waals surface area contributed by atoms with Crippen molar-refractivity contribution >= 4 is 23.6 Å². The van der Waals surface area contributed by atoms with E-state index < -0.39 is 10.8 Å². The van der Waals surface area contributed by atoms with Crippen LogP contribution in [0.4, 0.5) is 5.69 Å². The Labute approximate surface area is 103 Å². The van der Waals surface area contributed by atoms with E-state index in [9.17, 15) is 14.9 Å². The number of rotatable bonds is 3. The molecule has 1 aromatic carbocycles. The van der Waals surface area contributed by atoms with E-state index in [2.05, 4.69) is 4.99 Å². The van der Waals surface area contributed by atoms with Crippen molar-refractivity contribution < 1.29 is 9.72 Å². The summed E-state index contributed by atoms with van der Waals surface area (Å²) in [5, 5.41) is 10.6. The van der Waals surface area contributed by atoms with E-state index in [1.165, 1.54) is 31.2 Å². The lowest BCUT2D eigenvalue weighted by molar-refractivity contribution is -0.384. The molecule has 0 radical (unpaired) electrons. The highest BCUT2D eigenvalue weighted by Crippen LogP contribution is 2.15. The van der Waals surface area contributed by atoms with Gasteiger partial charge in [0.05, 0.1) is 4.92 Å². The first kappa shape index (κ1) is 13.4. The molecule has 0 saturated heterocycles. The van der Waals surface area contributed by atoms with Crippen molar-refractivity contribution in [3.8, 4) is 0 Å². The van der Waals surface area contributed by atoms with Gasteiger partial charge in [-0.05, 0) is 18.6 Å². The standard InChI is InChI=1S/C11H12N4O3/c1-7(10(16)14-11(12)13)5-8-3-2-4-9(6-8)15(17)18/h2-6H,1H3,(H4,12,13,14,16)/b7-5+. The molecule has 7 nitrogen and oxygen atoms in total. The molecule has 1 aromatic rings. The van der Waals surface area contributed by atoms with Gasteiger partial charge < -0.3 is 11.5 Å². The van der Waals surface area contributed by atoms with Crippen LogP contribution in [-0.4, -0.2) is 16.8 Å². The molecule has 0 spiro atoms. The summed E-state index contributed by atoms with van der Waals surface area (Å²) in [6.07, 6.45) is 1.47. The van der Waals surface area contributed by atoms with Crippen LogP contribution < -0.4 is 11.5 Å². The maximum atomic E-state index is 11.4. The van der Waals surface area contributed by atoms with Gasteiger partial charge in [0.15, 0.2) is 5.96 Å². The zero-order valence-electron chi connectivity index (χ0n) is 9.66. The van der Waals surface area contributed by atoms with Gasteiger partial charge in [-0.1, -0.05) is 12.1 Å². The third-order valence-electron chi connectivity index (χ3n) is 2.03. The Morgan fingerprint density at radius 2 is 2.11 bits per heavy atom. The fourth-order valence-electron chi connectivity index (χ4n) is 1.25. The van der Waals surface area contributed by atoms with Crippen LogP contribution >= 0.6 is 0 Å². The summed E-state index contributed by atoms with van der Waals surface area (Å²) in [6, 6.07) is 5.89. The van der Waals surface area contributed by atoms with E-state index in [0.29, 0.717) is 5.56 Å². The fourth-order valence-corrected chi connectivity index (χ4v) is 1.25. The van der Waals surface area contributed by atoms with Crippen molar-refractivity contribution in [3.05, 3.63) is 45.5 Å². The van der Waals surface area contributed by atoms with Gasteiger partial charge in [-0.25, -0.2) is 0 Å². The average molecular weight is 248 g/mol. The molecule has 0 aliphatic carbocycles. The maximum Gasteiger partial charge on any atom is 0.275 e. The number of amides is 1. The monoisotopic (exact) mass is 248 g/mol. The summed E-state index contributed by atoms with van der Waals surface area (Å²) in [7, 11) is 0. The van der Waals surface area contributed by atoms with Gasteiger partial charge in [-0.3, -0.25) is 14.9 Å². The lowest BCUT2D eigenvalue weighted by atomic mass is 10.1. The Hall–Kier alpha value is -2.70. The first-order chi connectivity index (χ1) is 8.40. The topological polar surface area (TPSA) is 125 Å². The molecule has 0 heterocycles. The van der Waals surface area contributed by atoms with Crippen LogP contribution in [0, 0.1) is 10.1 Å². The highest BCUT2D eigenvalue weighted by atomic mass is 16.6. The molecule has 0 atom stereocenters. The summed E-state index contributed by atoms with van der Waals surface area (Å²) in [6.45, 7) is 1.52. The van der Waals surface area contributed by atoms with Crippen molar-refractivity contribution in [2.24, 2.45) is 16.5 Å². The lowest BCUT2D eigenvalue weighted by Crippen LogP contribution is -2.24. The number of aliphatic imine (C=N–C) groups is 1. The number of non-ortho nitro benzene ring substituents is 1. The van der Waals surface area contributed by atoms with Crippen LogP contribution in [0.1, 0.15) is 12.5 Å². The molecule has 4 N–H and O–H groups in total. The predicted octanol–water partition coefficient (Wildman–Crippen LogP) is 0.798. The summed E-state index contributed by atoms with van der Waals surface area (Å²) in [5.41, 5.74) is 10.9. The van der Waals surface area contributed by atoms with E-state index >= 15 is 0 Å². The van der Waals surface area contributed by atoms with E-state index in [4.69, 9.17) is 11.5 Å². The molecular formula is C11H12N4O3. The van der Waals surface area contributed by atoms with Crippen molar-refractivity contribution in [3.63, 3.8) is 0 Å². The maximum absolute atomic E-state index is 11.4. The van der Waals surface area contributed by atoms with Crippen LogP contribution in [0.5, 0.6) is 0 Å². The van der Waals surface area contributed by atoms with Crippen LogP contribution in [0.3, 0.4) is 0 Å². The third-order valence-corrected chi connectivity index (χ3v) is 2.03. The molecule has 0 aromatic heterocycles. The average Bonchev–Trinajstić information content (AvgIpc) is 2.28. The lowest BCUT2D eigenvalue weighted by Gasteiger charge is -1.97. The number of carbonyl (C=O) groups is 1. The van der Waals surface area contributed by atoms with Crippen LogP contribution in [0.2, 0.25) is 0 Å². The molecule has 0 aliphatic rings. The number of nitrogens with zero attached hydrogens (tertiary/aromatic N) is 2. The number of hydrogen-bond donors (Lipinski definition) is 2. The molecule has 0 saturated carbocycles. The van der Waals surface area contributed by atoms with Crippen molar-refractivity contribution in [2.45, 2.75) is 6.92 Å². The van der Waals surface area contributed by atoms with Crippen LogP contribution in [0.25, 0.3) is 6.08 Å². The minimum atomic E-state index is -0.582. The Bertz CT molecular complexity index is 545. The molecule has 0 bridgehead atoms. The summed E-state index contributed by atoms with van der Waals surface area (Å²) < 4.78 is 0. The molecule has 7 heteroatoms. The molecule has 94 valence electrons. The number of guanidine groups is 1. The molecule has 0 unspecified atom stereocenters. The molecular weight excluding hydrogens is 236 g/mol. The largest absolute Gasteiger partial charge is 0.370 e. The summed E-state index contributed by atoms with van der Waals surface area (Å²) in [5.74, 6) is -0.909. The SMILES string of the molecule is C/C(=C\c1cccc([N+](=O)[O-])c1)C(=O)N=C(N)N. The Morgan fingerprint density at radius 1 is 1.44 bits per heavy atom. The van der Waals surface area contributed by atoms with E-state index in [-0.39, 0.29) is 17.2 Å². The molecule has 18 heavy (non-hydrogen) atoms. The van der Waals surface area contributed by atoms with E-state index in [1.807, 2.05) is 0 Å². The van der Waals surface area contributed by atoms with E-state index in [1.54, 1.807) is 6.07 Å². The number of carbonyl (C=O) groups excluding carboxylic acids is 1. The van der Waals surface area contributed by atoms with Crippen molar-refractivity contribution in [2.75, 3.05) is 0 Å². The Morgan fingerprint density at radius 3 is 2.67 bits per heavy atom. The number of nitrogens with two attached hydrogens (primary N) is 2. The summed E-state index contributed by atoms with van der Waals surface area (Å²) in [4.78, 5) is 24.9. The summed E-state index contributed by atoms with van der Waals surface area (Å²) >= 11 is 0. The number of nitro benzene ring substituents is 1. The smallest absolute Gasteiger partial charge is 0.275 e. The first-order valence-electron chi connectivity index (χ1n) is 4.97. The molecule has 0 fully saturated rings. The van der Waals surface area contributed by atoms with Gasteiger partial charge in [0.25, 0.3) is 11.6 Å². The zero-order chi connectivity index (χ0) is 13.7. The second-order valence-corrected chi connectivity index (χ2v) is 3.52. The Balaban J connectivity index is 3.02. The van der Waals surface area contributed by atoms with Crippen LogP contribution in [0.15, 0.2) is 34.8 Å². The van der Waals surface area contributed by atoms with Crippen molar-refractivity contribution in [1.29, 1.82) is 0 Å². The minimum Gasteiger partial charge on any atom is -0.370 e. The zero-order valence-corrected chi connectivity index (χ0v) is 9.66. The Kier molecular flexibility index (Phi) is 4.14. The second-order valence-electron chi connectivity index (χ2n) is 3.52. The highest BCUT2D eigenvalue weighted by molar-refractivity contribution is 6.03. The van der Waals surface area contributed by atoms with Crippen molar-refractivity contribution in [1.82, 2.24) is 0 Å². The number of nitro groups is 1. The second kappa shape index (κ2) is 5.58. The normalized spacial score (nSPS) is 10.8. The molecule has 1 amide bonds. The van der Waals surface area contributed by atoms with Gasteiger partial charge in [0.2, 0.25) is 0 Å². The molecule has 1 rings (SSSR count). The number of hydrogen-bond acceptors (Lipinski definition) is 3. The quantitative estimate of drug-likeness (QED) is 0.269.